The van der Waals surface area contributed by atoms with E-state index < -0.39 is 21.1 Å². The van der Waals surface area contributed by atoms with E-state index in [4.69, 9.17) is 18.0 Å². The van der Waals surface area contributed by atoms with Gasteiger partial charge in [-0.05, 0) is 6.92 Å². The number of hydrogen-bond donors (Lipinski definition) is 1. The van der Waals surface area contributed by atoms with Gasteiger partial charge in [0.1, 0.15) is 0 Å². The molecule has 0 saturated carbocycles. The first-order valence-electron chi connectivity index (χ1n) is 5.10. The molecule has 0 fully saturated rings. The summed E-state index contributed by atoms with van der Waals surface area (Å²) in [4.78, 5) is 11.1. The van der Waals surface area contributed by atoms with Gasteiger partial charge in [0.15, 0.2) is 0 Å². The Labute approximate surface area is 102 Å². The maximum atomic E-state index is 11.1. The third-order valence-electron chi connectivity index (χ3n) is 2.22. The molecule has 0 bridgehead atoms. The van der Waals surface area contributed by atoms with Crippen molar-refractivity contribution in [1.82, 2.24) is 0 Å². The number of esters is 1. The van der Waals surface area contributed by atoms with E-state index in [1.807, 2.05) is 0 Å². The second-order valence-electron chi connectivity index (χ2n) is 3.47. The van der Waals surface area contributed by atoms with Gasteiger partial charge < -0.3 is 23.1 Å². The largest absolute Gasteiger partial charge is 0.500 e. The maximum Gasteiger partial charge on any atom is 0.500 e. The predicted molar refractivity (Wildman–Crippen MR) is 63.1 cm³/mol. The molecule has 0 aromatic carbocycles. The second kappa shape index (κ2) is 7.57. The zero-order chi connectivity index (χ0) is 13.5. The van der Waals surface area contributed by atoms with E-state index in [0.717, 1.165) is 0 Å². The minimum atomic E-state index is -2.73. The summed E-state index contributed by atoms with van der Waals surface area (Å²) in [7, 11) is 1.70. The lowest BCUT2D eigenvalue weighted by atomic mass is 10.3. The van der Waals surface area contributed by atoms with Gasteiger partial charge in [-0.2, -0.15) is 0 Å². The Morgan fingerprint density at radius 3 is 2.12 bits per heavy atom. The van der Waals surface area contributed by atoms with Crippen LogP contribution in [-0.4, -0.2) is 47.5 Å². The summed E-state index contributed by atoms with van der Waals surface area (Å²) in [6.07, 6.45) is -1.03. The number of carbonyl (C=O) groups is 1. The molecule has 0 aromatic heterocycles. The maximum absolute atomic E-state index is 11.1. The van der Waals surface area contributed by atoms with Crippen LogP contribution in [0.1, 0.15) is 13.3 Å². The molecule has 0 spiro atoms. The van der Waals surface area contributed by atoms with Gasteiger partial charge in [-0.3, -0.25) is 0 Å². The quantitative estimate of drug-likeness (QED) is 0.301. The van der Waals surface area contributed by atoms with E-state index in [0.29, 0.717) is 6.04 Å². The zero-order valence-electron chi connectivity index (χ0n) is 10.7. The summed E-state index contributed by atoms with van der Waals surface area (Å²) in [5.74, 6) is -0.628. The second-order valence-corrected chi connectivity index (χ2v) is 6.57. The number of ether oxygens (including phenoxy) is 1. The molecule has 1 unspecified atom stereocenters. The van der Waals surface area contributed by atoms with Crippen LogP contribution in [0.5, 0.6) is 0 Å². The first-order valence-corrected chi connectivity index (χ1v) is 7.04. The van der Waals surface area contributed by atoms with Crippen LogP contribution in [-0.2, 0) is 22.8 Å². The summed E-state index contributed by atoms with van der Waals surface area (Å²) in [5.41, 5.74) is 0.234. The summed E-state index contributed by atoms with van der Waals surface area (Å²) >= 11 is 0. The first kappa shape index (κ1) is 16.3. The van der Waals surface area contributed by atoms with Crippen LogP contribution in [0, 0.1) is 0 Å². The summed E-state index contributed by atoms with van der Waals surface area (Å²) in [5, 5.41) is 9.49. The van der Waals surface area contributed by atoms with Gasteiger partial charge in [0.05, 0.1) is 0 Å². The highest BCUT2D eigenvalue weighted by Crippen LogP contribution is 2.17. The molecular formula is C10H20O6Si. The third-order valence-corrected chi connectivity index (χ3v) is 4.99. The van der Waals surface area contributed by atoms with Gasteiger partial charge in [0.25, 0.3) is 0 Å². The van der Waals surface area contributed by atoms with Crippen molar-refractivity contribution in [3.63, 3.8) is 0 Å². The Bertz CT molecular complexity index is 255. The average molecular weight is 264 g/mol. The van der Waals surface area contributed by atoms with Crippen molar-refractivity contribution in [1.29, 1.82) is 0 Å². The monoisotopic (exact) mass is 264 g/mol. The molecule has 0 aromatic rings. The fraction of sp³-hybridized carbons (Fsp3) is 0.700. The van der Waals surface area contributed by atoms with E-state index in [9.17, 15) is 9.90 Å². The number of carbonyl (C=O) groups excluding carboxylic acids is 1. The van der Waals surface area contributed by atoms with Crippen molar-refractivity contribution in [3.8, 4) is 0 Å². The summed E-state index contributed by atoms with van der Waals surface area (Å²) in [6.45, 7) is 4.92. The van der Waals surface area contributed by atoms with Gasteiger partial charge in [-0.1, -0.05) is 6.58 Å². The van der Waals surface area contributed by atoms with Gasteiger partial charge in [0, 0.05) is 39.4 Å². The zero-order valence-corrected chi connectivity index (χ0v) is 11.7. The Morgan fingerprint density at radius 2 is 1.76 bits per heavy atom. The normalized spacial score (nSPS) is 13.2. The number of hydrogen-bond acceptors (Lipinski definition) is 6. The highest BCUT2D eigenvalue weighted by atomic mass is 28.4. The van der Waals surface area contributed by atoms with Gasteiger partial charge >= 0.3 is 14.8 Å². The molecule has 0 aliphatic carbocycles. The highest BCUT2D eigenvalue weighted by molar-refractivity contribution is 6.60. The van der Waals surface area contributed by atoms with E-state index in [1.165, 1.54) is 28.3 Å². The number of aliphatic hydroxyl groups is 1. The van der Waals surface area contributed by atoms with E-state index in [-0.39, 0.29) is 12.0 Å². The van der Waals surface area contributed by atoms with E-state index in [2.05, 4.69) is 6.58 Å². The fourth-order valence-corrected chi connectivity index (χ4v) is 2.85. The molecular weight excluding hydrogens is 244 g/mol. The molecule has 0 heterocycles. The molecule has 0 rings (SSSR count). The van der Waals surface area contributed by atoms with Crippen LogP contribution in [0.3, 0.4) is 0 Å². The third kappa shape index (κ3) is 5.42. The number of aliphatic hydroxyl groups excluding tert-OH is 1. The van der Waals surface area contributed by atoms with Crippen molar-refractivity contribution in [2.75, 3.05) is 21.3 Å². The topological polar surface area (TPSA) is 74.2 Å². The van der Waals surface area contributed by atoms with Crippen molar-refractivity contribution in [3.05, 3.63) is 12.2 Å². The Hall–Kier alpha value is -0.733. The standard InChI is InChI=1S/C10H20O6Si/c1-8(2)10(12)16-9(11)6-7-17(13-3,14-4)15-5/h9,11H,1,6-7H2,2-5H3. The average Bonchev–Trinajstić information content (AvgIpc) is 2.31. The lowest BCUT2D eigenvalue weighted by molar-refractivity contribution is -0.163. The molecule has 0 aliphatic rings. The Balaban J connectivity index is 4.18. The molecule has 0 radical (unpaired) electrons. The van der Waals surface area contributed by atoms with Crippen molar-refractivity contribution >= 4 is 14.8 Å². The molecule has 0 amide bonds. The fourth-order valence-electron chi connectivity index (χ4n) is 1.14. The summed E-state index contributed by atoms with van der Waals surface area (Å²) < 4.78 is 20.2. The molecule has 0 saturated heterocycles. The molecule has 100 valence electrons. The highest BCUT2D eigenvalue weighted by Gasteiger charge is 2.38. The van der Waals surface area contributed by atoms with Crippen LogP contribution < -0.4 is 0 Å². The van der Waals surface area contributed by atoms with E-state index >= 15 is 0 Å². The molecule has 1 N–H and O–H groups in total. The molecule has 17 heavy (non-hydrogen) atoms. The molecule has 6 nitrogen and oxygen atoms in total. The van der Waals surface area contributed by atoms with E-state index in [1.54, 1.807) is 0 Å². The van der Waals surface area contributed by atoms with Gasteiger partial charge in [-0.25, -0.2) is 4.79 Å². The number of rotatable bonds is 8. The van der Waals surface area contributed by atoms with Crippen LogP contribution in [0.25, 0.3) is 0 Å². The predicted octanol–water partition coefficient (Wildman–Crippen LogP) is 0.692. The Morgan fingerprint density at radius 1 is 1.29 bits per heavy atom. The van der Waals surface area contributed by atoms with Crippen LogP contribution in [0.15, 0.2) is 12.2 Å². The van der Waals surface area contributed by atoms with Crippen LogP contribution in [0.4, 0.5) is 0 Å². The smallest absolute Gasteiger partial charge is 0.433 e. The lowest BCUT2D eigenvalue weighted by Crippen LogP contribution is -2.43. The Kier molecular flexibility index (Phi) is 7.24. The van der Waals surface area contributed by atoms with Crippen LogP contribution >= 0.6 is 0 Å². The molecule has 0 aliphatic heterocycles. The van der Waals surface area contributed by atoms with Gasteiger partial charge in [-0.15, -0.1) is 0 Å². The van der Waals surface area contributed by atoms with Crippen LogP contribution in [0.2, 0.25) is 6.04 Å². The first-order chi connectivity index (χ1) is 7.90. The minimum Gasteiger partial charge on any atom is -0.433 e. The van der Waals surface area contributed by atoms with Crippen molar-refractivity contribution in [2.45, 2.75) is 25.7 Å². The lowest BCUT2D eigenvalue weighted by Gasteiger charge is -2.25. The summed E-state index contributed by atoms with van der Waals surface area (Å²) in [6, 6.07) is 0.348. The molecule has 1 atom stereocenters. The SMILES string of the molecule is C=C(C)C(=O)OC(O)CC[Si](OC)(OC)OC. The van der Waals surface area contributed by atoms with Crippen molar-refractivity contribution < 1.29 is 27.9 Å². The van der Waals surface area contributed by atoms with Gasteiger partial charge in [0.2, 0.25) is 6.29 Å². The minimum absolute atomic E-state index is 0.181. The van der Waals surface area contributed by atoms with Crippen molar-refractivity contribution in [2.24, 2.45) is 0 Å². The molecule has 7 heteroatoms.